The minimum atomic E-state index is -3.79. The summed E-state index contributed by atoms with van der Waals surface area (Å²) in [6, 6.07) is 1.33. The first-order valence-corrected chi connectivity index (χ1v) is 9.54. The Morgan fingerprint density at radius 1 is 1.37 bits per heavy atom. The van der Waals surface area contributed by atoms with Gasteiger partial charge in [0.2, 0.25) is 10.0 Å². The van der Waals surface area contributed by atoms with E-state index in [0.717, 1.165) is 6.26 Å². The minimum absolute atomic E-state index is 0.0152. The third-order valence-electron chi connectivity index (χ3n) is 2.12. The van der Waals surface area contributed by atoms with Gasteiger partial charge in [-0.1, -0.05) is 0 Å². The number of pyridine rings is 1. The smallest absolute Gasteiger partial charge is 0.244 e. The minimum Gasteiger partial charge on any atom is -0.383 e. The molecule has 7 nitrogen and oxygen atoms in total. The number of rotatable bonds is 6. The number of nitrogens with zero attached hydrogens (tertiary/aromatic N) is 1. The summed E-state index contributed by atoms with van der Waals surface area (Å²) < 4.78 is 48.4. The average Bonchev–Trinajstić information content (AvgIpc) is 2.26. The van der Waals surface area contributed by atoms with Gasteiger partial charge in [0.1, 0.15) is 20.6 Å². The Morgan fingerprint density at radius 2 is 2.00 bits per heavy atom. The summed E-state index contributed by atoms with van der Waals surface area (Å²) >= 11 is 3.11. The fourth-order valence-corrected chi connectivity index (χ4v) is 3.60. The lowest BCUT2D eigenvalue weighted by Crippen LogP contribution is -2.27. The van der Waals surface area contributed by atoms with Crippen molar-refractivity contribution in [1.29, 1.82) is 0 Å². The maximum Gasteiger partial charge on any atom is 0.244 e. The summed E-state index contributed by atoms with van der Waals surface area (Å²) in [5.41, 5.74) is 5.50. The van der Waals surface area contributed by atoms with Gasteiger partial charge < -0.3 is 5.73 Å². The van der Waals surface area contributed by atoms with E-state index in [0.29, 0.717) is 4.47 Å². The molecule has 1 heterocycles. The van der Waals surface area contributed by atoms with E-state index in [2.05, 4.69) is 25.6 Å². The normalized spacial score (nSPS) is 12.5. The monoisotopic (exact) mass is 371 g/mol. The second-order valence-electron chi connectivity index (χ2n) is 3.92. The average molecular weight is 372 g/mol. The predicted octanol–water partition coefficient (Wildman–Crippen LogP) is 0.139. The van der Waals surface area contributed by atoms with Crippen molar-refractivity contribution in [2.24, 2.45) is 0 Å². The van der Waals surface area contributed by atoms with E-state index in [9.17, 15) is 16.8 Å². The molecule has 0 aliphatic rings. The van der Waals surface area contributed by atoms with Crippen LogP contribution in [0.1, 0.15) is 6.42 Å². The molecule has 0 spiro atoms. The quantitative estimate of drug-likeness (QED) is 0.686. The van der Waals surface area contributed by atoms with E-state index in [1.54, 1.807) is 0 Å². The SMILES string of the molecule is CS(=O)(=O)CCCNS(=O)(=O)c1cc(Br)cnc1N. The van der Waals surface area contributed by atoms with Crippen LogP contribution >= 0.6 is 15.9 Å². The highest BCUT2D eigenvalue weighted by atomic mass is 79.9. The van der Waals surface area contributed by atoms with Crippen LogP contribution in [0.2, 0.25) is 0 Å². The highest BCUT2D eigenvalue weighted by Gasteiger charge is 2.18. The van der Waals surface area contributed by atoms with Crippen molar-refractivity contribution in [3.8, 4) is 0 Å². The molecule has 0 fully saturated rings. The Balaban J connectivity index is 2.74. The predicted molar refractivity (Wildman–Crippen MR) is 75.9 cm³/mol. The summed E-state index contributed by atoms with van der Waals surface area (Å²) in [6.07, 6.45) is 2.68. The molecule has 10 heteroatoms. The summed E-state index contributed by atoms with van der Waals surface area (Å²) in [6.45, 7) is 0.0152. The zero-order valence-corrected chi connectivity index (χ0v) is 13.3. The lowest BCUT2D eigenvalue weighted by Gasteiger charge is -2.08. The van der Waals surface area contributed by atoms with Gasteiger partial charge in [-0.25, -0.2) is 26.5 Å². The molecule has 0 amide bonds. The molecule has 1 rings (SSSR count). The van der Waals surface area contributed by atoms with Crippen molar-refractivity contribution in [3.63, 3.8) is 0 Å². The van der Waals surface area contributed by atoms with Crippen LogP contribution in [0.25, 0.3) is 0 Å². The number of nitrogens with one attached hydrogen (secondary N) is 1. The number of sulfone groups is 1. The van der Waals surface area contributed by atoms with Gasteiger partial charge in [0.15, 0.2) is 0 Å². The topological polar surface area (TPSA) is 119 Å². The van der Waals surface area contributed by atoms with Crippen molar-refractivity contribution >= 4 is 41.6 Å². The van der Waals surface area contributed by atoms with Crippen LogP contribution in [0.15, 0.2) is 21.6 Å². The first kappa shape index (κ1) is 16.3. The van der Waals surface area contributed by atoms with Gasteiger partial charge in [0, 0.05) is 23.5 Å². The van der Waals surface area contributed by atoms with Gasteiger partial charge in [0.25, 0.3) is 0 Å². The highest BCUT2D eigenvalue weighted by Crippen LogP contribution is 2.20. The van der Waals surface area contributed by atoms with Crippen LogP contribution in [0, 0.1) is 0 Å². The van der Waals surface area contributed by atoms with Crippen molar-refractivity contribution in [2.75, 3.05) is 24.3 Å². The Bertz CT molecular complexity index is 658. The summed E-state index contributed by atoms with van der Waals surface area (Å²) in [4.78, 5) is 3.59. The maximum atomic E-state index is 11.9. The molecule has 3 N–H and O–H groups in total. The van der Waals surface area contributed by atoms with Crippen molar-refractivity contribution in [3.05, 3.63) is 16.7 Å². The molecule has 0 atom stereocenters. The maximum absolute atomic E-state index is 11.9. The van der Waals surface area contributed by atoms with Gasteiger partial charge in [-0.15, -0.1) is 0 Å². The second kappa shape index (κ2) is 6.16. The molecule has 0 unspecified atom stereocenters. The number of halogens is 1. The number of sulfonamides is 1. The fraction of sp³-hybridized carbons (Fsp3) is 0.444. The molecule has 0 saturated heterocycles. The first-order valence-electron chi connectivity index (χ1n) is 5.20. The molecule has 0 aliphatic heterocycles. The number of nitrogens with two attached hydrogens (primary N) is 1. The molecule has 1 aromatic rings. The molecule has 1 aromatic heterocycles. The molecule has 19 heavy (non-hydrogen) atoms. The first-order chi connectivity index (χ1) is 8.62. The van der Waals surface area contributed by atoms with Crippen LogP contribution in [0.5, 0.6) is 0 Å². The van der Waals surface area contributed by atoms with Crippen LogP contribution in [0.3, 0.4) is 0 Å². The molecule has 0 saturated carbocycles. The summed E-state index contributed by atoms with van der Waals surface area (Å²) in [5, 5.41) is 0. The fourth-order valence-electron chi connectivity index (χ4n) is 1.27. The lowest BCUT2D eigenvalue weighted by atomic mass is 10.5. The van der Waals surface area contributed by atoms with Crippen LogP contribution in [0.4, 0.5) is 5.82 Å². The molecular weight excluding hydrogens is 358 g/mol. The Hall–Kier alpha value is -0.710. The molecule has 108 valence electrons. The number of anilines is 1. The number of hydrogen-bond donors (Lipinski definition) is 2. The van der Waals surface area contributed by atoms with Crippen molar-refractivity contribution in [1.82, 2.24) is 9.71 Å². The van der Waals surface area contributed by atoms with Crippen LogP contribution in [-0.2, 0) is 19.9 Å². The molecule has 0 bridgehead atoms. The van der Waals surface area contributed by atoms with E-state index >= 15 is 0 Å². The molecular formula is C9H14BrN3O4S2. The van der Waals surface area contributed by atoms with Gasteiger partial charge in [-0.05, 0) is 28.4 Å². The Morgan fingerprint density at radius 3 is 2.58 bits per heavy atom. The third-order valence-corrected chi connectivity index (χ3v) is 5.08. The zero-order valence-electron chi connectivity index (χ0n) is 10.1. The van der Waals surface area contributed by atoms with Crippen molar-refractivity contribution in [2.45, 2.75) is 11.3 Å². The Kier molecular flexibility index (Phi) is 5.30. The Labute approximate surface area is 120 Å². The van der Waals surface area contributed by atoms with Crippen LogP contribution < -0.4 is 10.5 Å². The number of nitrogen functional groups attached to an aromatic ring is 1. The van der Waals surface area contributed by atoms with E-state index in [4.69, 9.17) is 5.73 Å². The van der Waals surface area contributed by atoms with E-state index in [1.807, 2.05) is 0 Å². The zero-order chi connectivity index (χ0) is 14.7. The second-order valence-corrected chi connectivity index (χ2v) is 8.83. The van der Waals surface area contributed by atoms with Crippen molar-refractivity contribution < 1.29 is 16.8 Å². The largest absolute Gasteiger partial charge is 0.383 e. The third kappa shape index (κ3) is 5.43. The standard InChI is InChI=1S/C9H14BrN3O4S2/c1-18(14,15)4-2-3-13-19(16,17)8-5-7(10)6-12-9(8)11/h5-6,13H,2-4H2,1H3,(H2,11,12). The van der Waals surface area contributed by atoms with Crippen LogP contribution in [-0.4, -0.2) is 40.4 Å². The number of aromatic nitrogens is 1. The molecule has 0 aliphatic carbocycles. The summed E-state index contributed by atoms with van der Waals surface area (Å²) in [7, 11) is -6.89. The molecule has 0 radical (unpaired) electrons. The summed E-state index contributed by atoms with van der Waals surface area (Å²) in [5.74, 6) is -0.194. The van der Waals surface area contributed by atoms with Gasteiger partial charge >= 0.3 is 0 Å². The molecule has 0 aromatic carbocycles. The van der Waals surface area contributed by atoms with E-state index < -0.39 is 19.9 Å². The number of hydrogen-bond acceptors (Lipinski definition) is 6. The van der Waals surface area contributed by atoms with E-state index in [1.165, 1.54) is 12.3 Å². The van der Waals surface area contributed by atoms with Gasteiger partial charge in [0.05, 0.1) is 5.75 Å². The van der Waals surface area contributed by atoms with Gasteiger partial charge in [-0.3, -0.25) is 0 Å². The van der Waals surface area contributed by atoms with E-state index in [-0.39, 0.29) is 29.4 Å². The van der Waals surface area contributed by atoms with Gasteiger partial charge in [-0.2, -0.15) is 0 Å². The highest BCUT2D eigenvalue weighted by molar-refractivity contribution is 9.10. The lowest BCUT2D eigenvalue weighted by molar-refractivity contribution is 0.577.